The third-order valence-electron chi connectivity index (χ3n) is 6.97. The van der Waals surface area contributed by atoms with Crippen molar-refractivity contribution in [3.63, 3.8) is 0 Å². The van der Waals surface area contributed by atoms with Crippen molar-refractivity contribution in [3.05, 3.63) is 27.2 Å². The van der Waals surface area contributed by atoms with E-state index in [-0.39, 0.29) is 23.7 Å². The number of hydrogen-bond acceptors (Lipinski definition) is 7. The Balaban J connectivity index is 1.60. The zero-order valence-electron chi connectivity index (χ0n) is 19.3. The van der Waals surface area contributed by atoms with E-state index in [1.165, 1.54) is 17.9 Å². The Morgan fingerprint density at radius 3 is 2.44 bits per heavy atom. The molecule has 1 amide bonds. The van der Waals surface area contributed by atoms with E-state index >= 15 is 0 Å². The van der Waals surface area contributed by atoms with E-state index in [0.717, 1.165) is 4.57 Å². The van der Waals surface area contributed by atoms with Crippen molar-refractivity contribution in [2.24, 2.45) is 19.8 Å². The molecule has 4 heterocycles. The maximum Gasteiger partial charge on any atom is 0.332 e. The van der Waals surface area contributed by atoms with Crippen LogP contribution >= 0.6 is 0 Å². The Labute approximate surface area is 185 Å². The SMILES string of the molecule is Cn1c(=O)c2c(ncn2[C@@H]2COC3(CCN(C(=O)C(C)(C)N)CC3)C[C@@]2(C)O)n(C)c1=O. The molecule has 0 aliphatic carbocycles. The van der Waals surface area contributed by atoms with Crippen molar-refractivity contribution < 1.29 is 14.6 Å². The fourth-order valence-corrected chi connectivity index (χ4v) is 5.08. The third-order valence-corrected chi connectivity index (χ3v) is 6.97. The number of imidazole rings is 1. The van der Waals surface area contributed by atoms with E-state index in [0.29, 0.717) is 32.4 Å². The second-order valence-corrected chi connectivity index (χ2v) is 10.1. The van der Waals surface area contributed by atoms with Gasteiger partial charge in [0.1, 0.15) is 0 Å². The van der Waals surface area contributed by atoms with Gasteiger partial charge in [0.15, 0.2) is 11.2 Å². The first-order chi connectivity index (χ1) is 14.8. The predicted octanol–water partition coefficient (Wildman–Crippen LogP) is -0.755. The quantitative estimate of drug-likeness (QED) is 0.616. The van der Waals surface area contributed by atoms with Gasteiger partial charge in [-0.05, 0) is 33.6 Å². The van der Waals surface area contributed by atoms with Crippen molar-refractivity contribution in [2.75, 3.05) is 19.7 Å². The topological polar surface area (TPSA) is 138 Å². The number of carbonyl (C=O) groups is 1. The molecule has 1 spiro atoms. The first-order valence-electron chi connectivity index (χ1n) is 10.8. The minimum absolute atomic E-state index is 0.0980. The number of amides is 1. The van der Waals surface area contributed by atoms with Gasteiger partial charge in [0.05, 0.1) is 35.7 Å². The fraction of sp³-hybridized carbons (Fsp3) is 0.714. The summed E-state index contributed by atoms with van der Waals surface area (Å²) >= 11 is 0. The van der Waals surface area contributed by atoms with Gasteiger partial charge in [0.2, 0.25) is 5.91 Å². The summed E-state index contributed by atoms with van der Waals surface area (Å²) in [5.41, 5.74) is 2.90. The van der Waals surface area contributed by atoms with Crippen LogP contribution in [-0.2, 0) is 23.6 Å². The van der Waals surface area contributed by atoms with Crippen LogP contribution in [0, 0.1) is 0 Å². The summed E-state index contributed by atoms with van der Waals surface area (Å²) in [5, 5.41) is 11.5. The number of aryl methyl sites for hydroxylation is 1. The molecular weight excluding hydrogens is 416 g/mol. The summed E-state index contributed by atoms with van der Waals surface area (Å²) < 4.78 is 10.3. The molecule has 176 valence electrons. The van der Waals surface area contributed by atoms with Gasteiger partial charge in [-0.2, -0.15) is 0 Å². The summed E-state index contributed by atoms with van der Waals surface area (Å²) in [7, 11) is 2.98. The van der Waals surface area contributed by atoms with Crippen molar-refractivity contribution in [1.29, 1.82) is 0 Å². The summed E-state index contributed by atoms with van der Waals surface area (Å²) in [6.07, 6.45) is 3.03. The molecule has 2 aliphatic heterocycles. The maximum atomic E-state index is 12.8. The van der Waals surface area contributed by atoms with Crippen LogP contribution in [0.15, 0.2) is 15.9 Å². The van der Waals surface area contributed by atoms with Gasteiger partial charge < -0.3 is 25.0 Å². The number of aliphatic hydroxyl groups is 1. The summed E-state index contributed by atoms with van der Waals surface area (Å²) in [5.74, 6) is -0.0980. The molecule has 0 unspecified atom stereocenters. The third kappa shape index (κ3) is 3.48. The van der Waals surface area contributed by atoms with Gasteiger partial charge in [-0.1, -0.05) is 0 Å². The molecule has 3 N–H and O–H groups in total. The zero-order valence-corrected chi connectivity index (χ0v) is 19.3. The Bertz CT molecular complexity index is 1180. The van der Waals surface area contributed by atoms with E-state index in [9.17, 15) is 19.5 Å². The van der Waals surface area contributed by atoms with Crippen LogP contribution in [0.4, 0.5) is 0 Å². The highest BCUT2D eigenvalue weighted by Crippen LogP contribution is 2.44. The van der Waals surface area contributed by atoms with Gasteiger partial charge in [-0.3, -0.25) is 18.7 Å². The normalized spacial score (nSPS) is 26.1. The van der Waals surface area contributed by atoms with Gasteiger partial charge in [-0.25, -0.2) is 9.78 Å². The summed E-state index contributed by atoms with van der Waals surface area (Å²) in [4.78, 5) is 43.6. The Morgan fingerprint density at radius 1 is 1.25 bits per heavy atom. The lowest BCUT2D eigenvalue weighted by Crippen LogP contribution is -2.60. The van der Waals surface area contributed by atoms with E-state index < -0.39 is 34.0 Å². The van der Waals surface area contributed by atoms with Gasteiger partial charge in [0, 0.05) is 33.6 Å². The minimum Gasteiger partial charge on any atom is -0.388 e. The number of aromatic nitrogens is 4. The number of nitrogens with zero attached hydrogens (tertiary/aromatic N) is 5. The highest BCUT2D eigenvalue weighted by Gasteiger charge is 2.51. The predicted molar refractivity (Wildman–Crippen MR) is 117 cm³/mol. The van der Waals surface area contributed by atoms with Gasteiger partial charge in [0.25, 0.3) is 5.56 Å². The zero-order chi connectivity index (χ0) is 23.6. The van der Waals surface area contributed by atoms with Crippen LogP contribution in [-0.4, -0.2) is 71.0 Å². The Morgan fingerprint density at radius 2 is 1.88 bits per heavy atom. The number of likely N-dealkylation sites (tertiary alicyclic amines) is 1. The number of nitrogens with two attached hydrogens (primary N) is 1. The van der Waals surface area contributed by atoms with Crippen LogP contribution in [0.1, 0.15) is 46.1 Å². The standard InChI is InChI=1S/C21H32N6O5/c1-19(2,22)17(29)26-8-6-21(7-9-26)11-20(3,31)13(10-32-21)27-12-23-15-14(27)16(28)25(5)18(30)24(15)4/h12-13,31H,6-11,22H2,1-5H3/t13-,20-/m1/s1. The highest BCUT2D eigenvalue weighted by atomic mass is 16.5. The van der Waals surface area contributed by atoms with Crippen LogP contribution in [0.25, 0.3) is 11.2 Å². The van der Waals surface area contributed by atoms with E-state index in [1.807, 2.05) is 0 Å². The number of rotatable bonds is 2. The number of ether oxygens (including phenoxy) is 1. The van der Waals surface area contributed by atoms with Crippen molar-refractivity contribution in [2.45, 2.75) is 62.8 Å². The molecule has 4 rings (SSSR count). The van der Waals surface area contributed by atoms with Crippen molar-refractivity contribution in [3.8, 4) is 0 Å². The molecule has 32 heavy (non-hydrogen) atoms. The molecule has 11 heteroatoms. The second kappa shape index (κ2) is 7.26. The Kier molecular flexibility index (Phi) is 5.14. The van der Waals surface area contributed by atoms with Gasteiger partial charge >= 0.3 is 5.69 Å². The van der Waals surface area contributed by atoms with Crippen molar-refractivity contribution in [1.82, 2.24) is 23.6 Å². The molecule has 0 saturated carbocycles. The van der Waals surface area contributed by atoms with E-state index in [2.05, 4.69) is 4.98 Å². The van der Waals surface area contributed by atoms with Crippen LogP contribution in [0.5, 0.6) is 0 Å². The molecular formula is C21H32N6O5. The highest BCUT2D eigenvalue weighted by molar-refractivity contribution is 5.85. The molecule has 2 atom stereocenters. The largest absolute Gasteiger partial charge is 0.388 e. The van der Waals surface area contributed by atoms with Gasteiger partial charge in [-0.15, -0.1) is 0 Å². The summed E-state index contributed by atoms with van der Waals surface area (Å²) in [6, 6.07) is -0.550. The van der Waals surface area contributed by atoms with Crippen molar-refractivity contribution >= 4 is 17.1 Å². The monoisotopic (exact) mass is 448 g/mol. The number of hydrogen-bond donors (Lipinski definition) is 2. The molecule has 11 nitrogen and oxygen atoms in total. The number of piperidine rings is 1. The molecule has 2 aromatic rings. The lowest BCUT2D eigenvalue weighted by molar-refractivity contribution is -0.197. The van der Waals surface area contributed by atoms with E-state index in [1.54, 1.807) is 37.3 Å². The first kappa shape index (κ1) is 22.7. The molecule has 0 radical (unpaired) electrons. The maximum absolute atomic E-state index is 12.8. The molecule has 2 fully saturated rings. The van der Waals surface area contributed by atoms with E-state index in [4.69, 9.17) is 10.5 Å². The number of carbonyl (C=O) groups excluding carboxylic acids is 1. The number of fused-ring (bicyclic) bond motifs is 1. The first-order valence-corrected chi connectivity index (χ1v) is 10.8. The minimum atomic E-state index is -1.19. The molecule has 2 aliphatic rings. The van der Waals surface area contributed by atoms with Crippen LogP contribution in [0.3, 0.4) is 0 Å². The molecule has 0 bridgehead atoms. The lowest BCUT2D eigenvalue weighted by atomic mass is 9.75. The van der Waals surface area contributed by atoms with Crippen LogP contribution < -0.4 is 17.0 Å². The average Bonchev–Trinajstić information content (AvgIpc) is 3.14. The smallest absolute Gasteiger partial charge is 0.332 e. The van der Waals surface area contributed by atoms with Crippen LogP contribution in [0.2, 0.25) is 0 Å². The average molecular weight is 449 g/mol. The molecule has 2 saturated heterocycles. The summed E-state index contributed by atoms with van der Waals surface area (Å²) in [6.45, 7) is 6.33. The molecule has 2 aromatic heterocycles. The fourth-order valence-electron chi connectivity index (χ4n) is 5.08. The second-order valence-electron chi connectivity index (χ2n) is 10.1. The molecule has 0 aromatic carbocycles. The lowest BCUT2D eigenvalue weighted by Gasteiger charge is -2.51. The Hall–Kier alpha value is -2.50.